The van der Waals surface area contributed by atoms with Gasteiger partial charge in [0.25, 0.3) is 0 Å². The highest BCUT2D eigenvalue weighted by Crippen LogP contribution is 2.34. The highest BCUT2D eigenvalue weighted by atomic mass is 32.1. The van der Waals surface area contributed by atoms with Crippen LogP contribution in [0.4, 0.5) is 0 Å². The van der Waals surface area contributed by atoms with Crippen molar-refractivity contribution in [2.75, 3.05) is 0 Å². The molecule has 1 saturated carbocycles. The van der Waals surface area contributed by atoms with E-state index in [-0.39, 0.29) is 6.61 Å². The Hall–Kier alpha value is -0.410. The van der Waals surface area contributed by atoms with Crippen molar-refractivity contribution in [3.63, 3.8) is 0 Å². The first-order chi connectivity index (χ1) is 6.40. The molecule has 13 heavy (non-hydrogen) atoms. The van der Waals surface area contributed by atoms with Crippen molar-refractivity contribution in [1.82, 2.24) is 4.98 Å². The molecule has 1 aromatic heterocycles. The Balaban J connectivity index is 2.05. The predicted octanol–water partition coefficient (Wildman–Crippen LogP) is 2.68. The summed E-state index contributed by atoms with van der Waals surface area (Å²) in [6.45, 7) is 0.143. The predicted molar refractivity (Wildman–Crippen MR) is 53.9 cm³/mol. The standard InChI is InChI=1S/C10H15NOS/c12-7-9-6-11-10(13-9)8-4-2-1-3-5-8/h6,8,12H,1-5,7H2. The largest absolute Gasteiger partial charge is 0.391 e. The molecule has 0 radical (unpaired) electrons. The van der Waals surface area contributed by atoms with Gasteiger partial charge in [-0.1, -0.05) is 19.3 Å². The van der Waals surface area contributed by atoms with Crippen LogP contribution in [0.3, 0.4) is 0 Å². The first-order valence-electron chi connectivity index (χ1n) is 4.95. The third-order valence-electron chi connectivity index (χ3n) is 2.68. The van der Waals surface area contributed by atoms with Crippen molar-refractivity contribution in [3.8, 4) is 0 Å². The summed E-state index contributed by atoms with van der Waals surface area (Å²) in [5.41, 5.74) is 0. The summed E-state index contributed by atoms with van der Waals surface area (Å²) in [6.07, 6.45) is 8.47. The normalized spacial score (nSPS) is 19.2. The van der Waals surface area contributed by atoms with Gasteiger partial charge in [-0.05, 0) is 12.8 Å². The third-order valence-corrected chi connectivity index (χ3v) is 3.83. The van der Waals surface area contributed by atoms with E-state index < -0.39 is 0 Å². The van der Waals surface area contributed by atoms with Crippen LogP contribution in [0.25, 0.3) is 0 Å². The van der Waals surface area contributed by atoms with Gasteiger partial charge in [0.2, 0.25) is 0 Å². The molecular formula is C10H15NOS. The van der Waals surface area contributed by atoms with Crippen LogP contribution in [0.15, 0.2) is 6.20 Å². The van der Waals surface area contributed by atoms with Gasteiger partial charge >= 0.3 is 0 Å². The molecule has 0 bridgehead atoms. The zero-order valence-corrected chi connectivity index (χ0v) is 8.52. The van der Waals surface area contributed by atoms with Crippen LogP contribution in [0.2, 0.25) is 0 Å². The van der Waals surface area contributed by atoms with Gasteiger partial charge in [-0.2, -0.15) is 0 Å². The highest BCUT2D eigenvalue weighted by molar-refractivity contribution is 7.11. The lowest BCUT2D eigenvalue weighted by Crippen LogP contribution is -2.03. The molecule has 1 N–H and O–H groups in total. The van der Waals surface area contributed by atoms with E-state index in [1.807, 2.05) is 6.20 Å². The minimum Gasteiger partial charge on any atom is -0.391 e. The number of aromatic nitrogens is 1. The second kappa shape index (κ2) is 4.20. The number of aliphatic hydroxyl groups excluding tert-OH is 1. The summed E-state index contributed by atoms with van der Waals surface area (Å²) >= 11 is 1.68. The van der Waals surface area contributed by atoms with Gasteiger partial charge in [-0.25, -0.2) is 4.98 Å². The van der Waals surface area contributed by atoms with E-state index in [1.165, 1.54) is 37.1 Å². The van der Waals surface area contributed by atoms with Gasteiger partial charge < -0.3 is 5.11 Å². The quantitative estimate of drug-likeness (QED) is 0.790. The number of hydrogen-bond donors (Lipinski definition) is 1. The molecule has 1 aliphatic rings. The topological polar surface area (TPSA) is 33.1 Å². The summed E-state index contributed by atoms with van der Waals surface area (Å²) < 4.78 is 0. The van der Waals surface area contributed by atoms with E-state index in [4.69, 9.17) is 5.11 Å². The van der Waals surface area contributed by atoms with Crippen LogP contribution in [0.1, 0.15) is 47.9 Å². The fraction of sp³-hybridized carbons (Fsp3) is 0.700. The van der Waals surface area contributed by atoms with Gasteiger partial charge in [-0.3, -0.25) is 0 Å². The molecule has 3 heteroatoms. The molecule has 1 fully saturated rings. The monoisotopic (exact) mass is 197 g/mol. The van der Waals surface area contributed by atoms with Gasteiger partial charge in [-0.15, -0.1) is 11.3 Å². The maximum Gasteiger partial charge on any atom is 0.0959 e. The number of nitrogens with zero attached hydrogens (tertiary/aromatic N) is 1. The molecule has 1 aromatic rings. The van der Waals surface area contributed by atoms with E-state index >= 15 is 0 Å². The second-order valence-corrected chi connectivity index (χ2v) is 4.80. The molecule has 0 amide bonds. The van der Waals surface area contributed by atoms with Gasteiger partial charge in [0.05, 0.1) is 16.5 Å². The van der Waals surface area contributed by atoms with Crippen LogP contribution in [0, 0.1) is 0 Å². The van der Waals surface area contributed by atoms with Crippen molar-refractivity contribution < 1.29 is 5.11 Å². The molecule has 2 rings (SSSR count). The molecular weight excluding hydrogens is 182 g/mol. The summed E-state index contributed by atoms with van der Waals surface area (Å²) in [5.74, 6) is 0.680. The van der Waals surface area contributed by atoms with Gasteiger partial charge in [0.15, 0.2) is 0 Å². The van der Waals surface area contributed by atoms with E-state index in [0.29, 0.717) is 5.92 Å². The Morgan fingerprint density at radius 2 is 2.15 bits per heavy atom. The van der Waals surface area contributed by atoms with Crippen molar-refractivity contribution in [3.05, 3.63) is 16.1 Å². The minimum atomic E-state index is 0.143. The molecule has 1 heterocycles. The third kappa shape index (κ3) is 2.09. The molecule has 0 aromatic carbocycles. The molecule has 0 saturated heterocycles. The maximum absolute atomic E-state index is 8.92. The van der Waals surface area contributed by atoms with Crippen LogP contribution in [-0.2, 0) is 6.61 Å². The number of thiazole rings is 1. The number of aliphatic hydroxyl groups is 1. The Bertz CT molecular complexity index is 266. The van der Waals surface area contributed by atoms with E-state index in [1.54, 1.807) is 11.3 Å². The Morgan fingerprint density at radius 1 is 1.38 bits per heavy atom. The minimum absolute atomic E-state index is 0.143. The molecule has 2 nitrogen and oxygen atoms in total. The van der Waals surface area contributed by atoms with Gasteiger partial charge in [0.1, 0.15) is 0 Å². The Kier molecular flexibility index (Phi) is 2.96. The lowest BCUT2D eigenvalue weighted by Gasteiger charge is -2.18. The zero-order valence-electron chi connectivity index (χ0n) is 7.70. The van der Waals surface area contributed by atoms with E-state index in [9.17, 15) is 0 Å². The maximum atomic E-state index is 8.92. The molecule has 0 unspecified atom stereocenters. The molecule has 0 atom stereocenters. The summed E-state index contributed by atoms with van der Waals surface area (Å²) in [6, 6.07) is 0. The SMILES string of the molecule is OCc1cnc(C2CCCCC2)s1. The lowest BCUT2D eigenvalue weighted by atomic mass is 9.90. The fourth-order valence-corrected chi connectivity index (χ4v) is 2.88. The highest BCUT2D eigenvalue weighted by Gasteiger charge is 2.18. The Labute approximate surface area is 82.6 Å². The summed E-state index contributed by atoms with van der Waals surface area (Å²) in [7, 11) is 0. The molecule has 1 aliphatic carbocycles. The number of rotatable bonds is 2. The van der Waals surface area contributed by atoms with E-state index in [0.717, 1.165) is 4.88 Å². The smallest absolute Gasteiger partial charge is 0.0959 e. The Morgan fingerprint density at radius 3 is 2.77 bits per heavy atom. The van der Waals surface area contributed by atoms with Crippen molar-refractivity contribution in [2.45, 2.75) is 44.6 Å². The lowest BCUT2D eigenvalue weighted by molar-refractivity contribution is 0.285. The van der Waals surface area contributed by atoms with Crippen LogP contribution in [-0.4, -0.2) is 10.1 Å². The van der Waals surface area contributed by atoms with Crippen LogP contribution < -0.4 is 0 Å². The van der Waals surface area contributed by atoms with Crippen molar-refractivity contribution in [1.29, 1.82) is 0 Å². The average molecular weight is 197 g/mol. The number of hydrogen-bond acceptors (Lipinski definition) is 3. The summed E-state index contributed by atoms with van der Waals surface area (Å²) in [5, 5.41) is 10.2. The second-order valence-electron chi connectivity index (χ2n) is 3.66. The summed E-state index contributed by atoms with van der Waals surface area (Å²) in [4.78, 5) is 5.37. The van der Waals surface area contributed by atoms with Crippen molar-refractivity contribution >= 4 is 11.3 Å². The van der Waals surface area contributed by atoms with E-state index in [2.05, 4.69) is 4.98 Å². The van der Waals surface area contributed by atoms with Crippen molar-refractivity contribution in [2.24, 2.45) is 0 Å². The fourth-order valence-electron chi connectivity index (χ4n) is 1.93. The molecule has 0 spiro atoms. The molecule has 0 aliphatic heterocycles. The first kappa shape index (κ1) is 9.16. The van der Waals surface area contributed by atoms with Gasteiger partial charge in [0, 0.05) is 12.1 Å². The van der Waals surface area contributed by atoms with Crippen LogP contribution >= 0.6 is 11.3 Å². The zero-order chi connectivity index (χ0) is 9.10. The molecule has 72 valence electrons. The van der Waals surface area contributed by atoms with Crippen LogP contribution in [0.5, 0.6) is 0 Å². The first-order valence-corrected chi connectivity index (χ1v) is 5.77. The average Bonchev–Trinajstić information content (AvgIpc) is 2.67.